The van der Waals surface area contributed by atoms with E-state index in [1.165, 1.54) is 0 Å². The minimum Gasteiger partial charge on any atom is -0.432 e. The van der Waals surface area contributed by atoms with Gasteiger partial charge in [0.2, 0.25) is 0 Å². The summed E-state index contributed by atoms with van der Waals surface area (Å²) < 4.78 is 26.2. The number of rotatable bonds is 9. The van der Waals surface area contributed by atoms with Crippen LogP contribution in [0.1, 0.15) is 50.8 Å². The average Bonchev–Trinajstić information content (AvgIpc) is 3.27. The van der Waals surface area contributed by atoms with E-state index in [2.05, 4.69) is 50.2 Å². The molecular formula is C34H44O6Si. The van der Waals surface area contributed by atoms with Crippen molar-refractivity contribution in [3.8, 4) is 0 Å². The molecule has 0 amide bonds. The third-order valence-electron chi connectivity index (χ3n) is 9.04. The summed E-state index contributed by atoms with van der Waals surface area (Å²) in [7, 11) is -2.54. The molecule has 2 heterocycles. The second kappa shape index (κ2) is 11.4. The summed E-state index contributed by atoms with van der Waals surface area (Å²) in [4.78, 5) is 11.0. The van der Waals surface area contributed by atoms with E-state index >= 15 is 0 Å². The molecule has 220 valence electrons. The lowest BCUT2D eigenvalue weighted by atomic mass is 9.80. The summed E-state index contributed by atoms with van der Waals surface area (Å²) in [5.74, 6) is -1.20. The van der Waals surface area contributed by atoms with Gasteiger partial charge in [-0.05, 0) is 55.1 Å². The maximum absolute atomic E-state index is 11.4. The molecule has 2 N–H and O–H groups in total. The van der Waals surface area contributed by atoms with E-state index in [0.717, 1.165) is 16.7 Å². The van der Waals surface area contributed by atoms with Crippen LogP contribution in [0.5, 0.6) is 0 Å². The monoisotopic (exact) mass is 576 g/mol. The van der Waals surface area contributed by atoms with Gasteiger partial charge in [-0.2, -0.15) is 0 Å². The summed E-state index contributed by atoms with van der Waals surface area (Å²) >= 11 is 0. The molecule has 0 unspecified atom stereocenters. The van der Waals surface area contributed by atoms with Gasteiger partial charge in [0.15, 0.2) is 20.4 Å². The zero-order valence-electron chi connectivity index (χ0n) is 25.0. The zero-order chi connectivity index (χ0) is 29.5. The summed E-state index contributed by atoms with van der Waals surface area (Å²) in [6, 6.07) is 30.6. The van der Waals surface area contributed by atoms with E-state index in [4.69, 9.17) is 18.9 Å². The topological polar surface area (TPSA) is 77.4 Å². The molecule has 0 aliphatic carbocycles. The van der Waals surface area contributed by atoms with Crippen LogP contribution in [-0.4, -0.2) is 55.2 Å². The Morgan fingerprint density at radius 1 is 0.780 bits per heavy atom. The number of benzene rings is 3. The molecule has 2 saturated heterocycles. The molecule has 3 aromatic rings. The molecule has 7 heteroatoms. The Labute approximate surface area is 245 Å². The van der Waals surface area contributed by atoms with Crippen molar-refractivity contribution in [2.24, 2.45) is 5.92 Å². The number of hydrogen-bond donors (Lipinski definition) is 2. The highest BCUT2D eigenvalue weighted by atomic mass is 28.4. The first-order valence-corrected chi connectivity index (χ1v) is 17.5. The van der Waals surface area contributed by atoms with Crippen LogP contribution < -0.4 is 0 Å². The Morgan fingerprint density at radius 2 is 1.22 bits per heavy atom. The molecule has 0 bridgehead atoms. The van der Waals surface area contributed by atoms with Crippen LogP contribution in [0.4, 0.5) is 0 Å². The first-order chi connectivity index (χ1) is 19.3. The molecule has 0 aromatic heterocycles. The summed E-state index contributed by atoms with van der Waals surface area (Å²) in [6.45, 7) is 11.9. The van der Waals surface area contributed by atoms with E-state index in [0.29, 0.717) is 6.42 Å². The lowest BCUT2D eigenvalue weighted by Crippen LogP contribution is -2.56. The molecule has 5 atom stereocenters. The van der Waals surface area contributed by atoms with Crippen molar-refractivity contribution in [3.63, 3.8) is 0 Å². The van der Waals surface area contributed by atoms with Crippen molar-refractivity contribution in [2.75, 3.05) is 6.61 Å². The van der Waals surface area contributed by atoms with Crippen LogP contribution in [0.2, 0.25) is 18.1 Å². The fourth-order valence-electron chi connectivity index (χ4n) is 6.12. The number of aliphatic hydroxyl groups excluding tert-OH is 1. The molecule has 6 nitrogen and oxygen atoms in total. The molecule has 0 radical (unpaired) electrons. The Hall–Kier alpha value is -2.36. The van der Waals surface area contributed by atoms with Crippen molar-refractivity contribution in [2.45, 2.75) is 88.2 Å². The SMILES string of the molecule is CC1(C)O[C@H]2[C@H](CC(C)(C)[Si](C)(C)O)[C@@H](O)O[C@H](COC(c3ccccc3)(c3ccccc3)c3ccccc3)[C@H]2O1. The van der Waals surface area contributed by atoms with Gasteiger partial charge in [-0.1, -0.05) is 105 Å². The largest absolute Gasteiger partial charge is 0.432 e. The van der Waals surface area contributed by atoms with Crippen molar-refractivity contribution >= 4 is 8.32 Å². The van der Waals surface area contributed by atoms with Gasteiger partial charge >= 0.3 is 0 Å². The average molecular weight is 577 g/mol. The van der Waals surface area contributed by atoms with Crippen molar-refractivity contribution in [1.82, 2.24) is 0 Å². The van der Waals surface area contributed by atoms with E-state index in [1.54, 1.807) is 0 Å². The number of ether oxygens (including phenoxy) is 4. The van der Waals surface area contributed by atoms with Crippen LogP contribution in [-0.2, 0) is 24.5 Å². The summed E-state index contributed by atoms with van der Waals surface area (Å²) in [5.41, 5.74) is 2.05. The fraction of sp³-hybridized carbons (Fsp3) is 0.471. The molecule has 41 heavy (non-hydrogen) atoms. The van der Waals surface area contributed by atoms with Crippen LogP contribution in [0.15, 0.2) is 91.0 Å². The minimum absolute atomic E-state index is 0.159. The summed E-state index contributed by atoms with van der Waals surface area (Å²) in [6.07, 6.45) is -1.96. The van der Waals surface area contributed by atoms with Crippen molar-refractivity contribution in [3.05, 3.63) is 108 Å². The highest BCUT2D eigenvalue weighted by molar-refractivity contribution is 6.72. The van der Waals surface area contributed by atoms with Gasteiger partial charge in [-0.3, -0.25) is 0 Å². The summed E-state index contributed by atoms with van der Waals surface area (Å²) in [5, 5.41) is 11.0. The van der Waals surface area contributed by atoms with Gasteiger partial charge < -0.3 is 28.8 Å². The standard InChI is InChI=1S/C34H44O6Si/c1-32(2,41(5,6)36)22-27-29-30(40-33(3,4)39-29)28(38-31(27)35)23-37-34(24-16-10-7-11-17-24,25-18-12-8-13-19-25)26-20-14-9-15-21-26/h7-21,27-31,35-36H,22-23H2,1-6H3/t27-,28+,29-,30+,31-/m0/s1. The van der Waals surface area contributed by atoms with E-state index in [9.17, 15) is 9.90 Å². The molecule has 0 saturated carbocycles. The Morgan fingerprint density at radius 3 is 1.66 bits per heavy atom. The van der Waals surface area contributed by atoms with Gasteiger partial charge in [0, 0.05) is 5.92 Å². The van der Waals surface area contributed by atoms with Gasteiger partial charge in [-0.15, -0.1) is 0 Å². The smallest absolute Gasteiger partial charge is 0.188 e. The van der Waals surface area contributed by atoms with Crippen LogP contribution in [0, 0.1) is 5.92 Å². The quantitative estimate of drug-likeness (QED) is 0.233. The van der Waals surface area contributed by atoms with Crippen LogP contribution >= 0.6 is 0 Å². The van der Waals surface area contributed by atoms with Crippen molar-refractivity contribution < 1.29 is 28.8 Å². The van der Waals surface area contributed by atoms with E-state index < -0.39 is 44.3 Å². The van der Waals surface area contributed by atoms with E-state index in [-0.39, 0.29) is 17.6 Å². The van der Waals surface area contributed by atoms with Crippen LogP contribution in [0.25, 0.3) is 0 Å². The van der Waals surface area contributed by atoms with Gasteiger partial charge in [0.1, 0.15) is 17.8 Å². The molecule has 2 aliphatic rings. The van der Waals surface area contributed by atoms with Gasteiger partial charge in [-0.25, -0.2) is 0 Å². The molecule has 5 rings (SSSR count). The second-order valence-electron chi connectivity index (χ2n) is 13.0. The second-order valence-corrected chi connectivity index (χ2v) is 17.5. The maximum Gasteiger partial charge on any atom is 0.188 e. The minimum atomic E-state index is -2.54. The fourth-order valence-corrected chi connectivity index (χ4v) is 6.86. The van der Waals surface area contributed by atoms with Crippen molar-refractivity contribution in [1.29, 1.82) is 0 Å². The first kappa shape index (κ1) is 30.1. The number of fused-ring (bicyclic) bond motifs is 1. The molecule has 2 aliphatic heterocycles. The highest BCUT2D eigenvalue weighted by Gasteiger charge is 2.57. The predicted octanol–water partition coefficient (Wildman–Crippen LogP) is 6.22. The van der Waals surface area contributed by atoms with Gasteiger partial charge in [0.25, 0.3) is 0 Å². The number of hydrogen-bond acceptors (Lipinski definition) is 6. The zero-order valence-corrected chi connectivity index (χ0v) is 26.0. The van der Waals surface area contributed by atoms with Crippen LogP contribution in [0.3, 0.4) is 0 Å². The molecule has 0 spiro atoms. The van der Waals surface area contributed by atoms with E-state index in [1.807, 2.05) is 81.5 Å². The third kappa shape index (κ3) is 5.95. The lowest BCUT2D eigenvalue weighted by molar-refractivity contribution is -0.256. The maximum atomic E-state index is 11.4. The number of aliphatic hydroxyl groups is 1. The normalized spacial score (nSPS) is 26.5. The molecule has 2 fully saturated rings. The molecular weight excluding hydrogens is 532 g/mol. The predicted molar refractivity (Wildman–Crippen MR) is 162 cm³/mol. The Kier molecular flexibility index (Phi) is 8.35. The highest BCUT2D eigenvalue weighted by Crippen LogP contribution is 2.49. The Bertz CT molecular complexity index is 1180. The lowest BCUT2D eigenvalue weighted by Gasteiger charge is -2.46. The van der Waals surface area contributed by atoms with Gasteiger partial charge in [0.05, 0.1) is 12.7 Å². The molecule has 3 aromatic carbocycles. The Balaban J connectivity index is 1.51. The first-order valence-electron chi connectivity index (χ1n) is 14.6. The third-order valence-corrected chi connectivity index (χ3v) is 12.6.